The van der Waals surface area contributed by atoms with Gasteiger partial charge in [-0.15, -0.1) is 0 Å². The molecule has 168 valence electrons. The molecule has 0 heterocycles. The van der Waals surface area contributed by atoms with E-state index in [0.717, 1.165) is 13.8 Å². The van der Waals surface area contributed by atoms with E-state index in [2.05, 4.69) is 0 Å². The summed E-state index contributed by atoms with van der Waals surface area (Å²) in [6.45, 7) is 12.2. The fraction of sp³-hybridized carbons (Fsp3) is 0.800. The number of aliphatic carboxylic acids is 2. The number of carbonyl (C=O) groups is 4. The van der Waals surface area contributed by atoms with E-state index in [1.807, 2.05) is 0 Å². The molecule has 29 heavy (non-hydrogen) atoms. The molecule has 0 aromatic carbocycles. The van der Waals surface area contributed by atoms with E-state index in [1.165, 1.54) is 13.8 Å². The summed E-state index contributed by atoms with van der Waals surface area (Å²) in [5.41, 5.74) is 0. The minimum absolute atomic E-state index is 0.229. The van der Waals surface area contributed by atoms with Crippen molar-refractivity contribution in [3.05, 3.63) is 0 Å². The van der Waals surface area contributed by atoms with E-state index in [4.69, 9.17) is 6.64 Å². The molecule has 9 heteroatoms. The second-order valence-corrected chi connectivity index (χ2v) is 12.9. The molecule has 0 aliphatic rings. The van der Waals surface area contributed by atoms with Crippen LogP contribution in [0.2, 0.25) is 7.44 Å². The Labute approximate surface area is 177 Å². The molecule has 4 atom stereocenters. The molecule has 0 saturated carbocycles. The summed E-state index contributed by atoms with van der Waals surface area (Å²) in [7, 11) is 0. The Morgan fingerprint density at radius 1 is 0.759 bits per heavy atom. The van der Waals surface area contributed by atoms with Crippen LogP contribution < -0.4 is 0 Å². The van der Waals surface area contributed by atoms with Crippen LogP contribution in [0.5, 0.6) is 0 Å². The average molecular weight is 452 g/mol. The number of carbonyl (C=O) groups excluding carboxylic acids is 2. The number of Topliss-reactive ketones (excluding diaryl/α,β-unsaturated/α-hetero) is 2. The third-order valence-electron chi connectivity index (χ3n) is 6.00. The molecule has 0 amide bonds. The van der Waals surface area contributed by atoms with Crippen molar-refractivity contribution in [1.82, 2.24) is 0 Å². The molecule has 0 aromatic heterocycles. The summed E-state index contributed by atoms with van der Waals surface area (Å²) in [5, 5.41) is 20.6. The van der Waals surface area contributed by atoms with Gasteiger partial charge < -0.3 is 0 Å². The molecule has 0 spiro atoms. The molecule has 0 fully saturated rings. The SMILES string of the molecule is CCC(C)[O][Ti]([O]C(C)CC)([C](CC)(C(C)=O)C(=O)O)[C](CC)(C(C)=O)C(=O)O. The van der Waals surface area contributed by atoms with Crippen molar-refractivity contribution in [3.63, 3.8) is 0 Å². The van der Waals surface area contributed by atoms with Gasteiger partial charge in [0.15, 0.2) is 0 Å². The van der Waals surface area contributed by atoms with E-state index < -0.39 is 60.5 Å². The van der Waals surface area contributed by atoms with Gasteiger partial charge in [-0.05, 0) is 0 Å². The third-order valence-corrected chi connectivity index (χ3v) is 14.7. The zero-order valence-corrected chi connectivity index (χ0v) is 20.4. The predicted molar refractivity (Wildman–Crippen MR) is 104 cm³/mol. The van der Waals surface area contributed by atoms with Crippen LogP contribution >= 0.6 is 0 Å². The number of hydrogen-bond acceptors (Lipinski definition) is 6. The molecule has 0 radical (unpaired) electrons. The molecule has 0 aliphatic heterocycles. The van der Waals surface area contributed by atoms with Crippen LogP contribution in [0.1, 0.15) is 81.1 Å². The molecule has 4 unspecified atom stereocenters. The van der Waals surface area contributed by atoms with Crippen LogP contribution in [0.15, 0.2) is 0 Å². The molecule has 0 bridgehead atoms. The summed E-state index contributed by atoms with van der Waals surface area (Å²) in [6.07, 6.45) is -0.766. The summed E-state index contributed by atoms with van der Waals surface area (Å²) in [5.74, 6) is -4.50. The minimum atomic E-state index is -5.42. The zero-order chi connectivity index (χ0) is 23.2. The summed E-state index contributed by atoms with van der Waals surface area (Å²) in [6, 6.07) is 0. The van der Waals surface area contributed by atoms with Crippen molar-refractivity contribution in [2.45, 2.75) is 101 Å². The van der Waals surface area contributed by atoms with Crippen molar-refractivity contribution in [1.29, 1.82) is 0 Å². The van der Waals surface area contributed by atoms with Gasteiger partial charge in [-0.3, -0.25) is 0 Å². The first kappa shape index (κ1) is 27.9. The Morgan fingerprint density at radius 2 is 1.03 bits per heavy atom. The molecule has 0 aliphatic carbocycles. The molecule has 8 nitrogen and oxygen atoms in total. The van der Waals surface area contributed by atoms with Gasteiger partial charge in [0.2, 0.25) is 0 Å². The van der Waals surface area contributed by atoms with Crippen LogP contribution in [0.4, 0.5) is 0 Å². The monoisotopic (exact) mass is 452 g/mol. The van der Waals surface area contributed by atoms with Gasteiger partial charge in [0, 0.05) is 0 Å². The van der Waals surface area contributed by atoms with Crippen molar-refractivity contribution in [3.8, 4) is 0 Å². The Kier molecular flexibility index (Phi) is 10.4. The van der Waals surface area contributed by atoms with E-state index in [9.17, 15) is 29.4 Å². The Balaban J connectivity index is 7.74. The van der Waals surface area contributed by atoms with Crippen LogP contribution in [0.3, 0.4) is 0 Å². The fourth-order valence-electron chi connectivity index (χ4n) is 3.84. The second kappa shape index (κ2) is 10.8. The predicted octanol–water partition coefficient (Wildman–Crippen LogP) is 4.09. The van der Waals surface area contributed by atoms with Gasteiger partial charge in [0.25, 0.3) is 0 Å². The van der Waals surface area contributed by atoms with Crippen LogP contribution in [-0.2, 0) is 43.2 Å². The van der Waals surface area contributed by atoms with Crippen LogP contribution in [0.25, 0.3) is 0 Å². The summed E-state index contributed by atoms with van der Waals surface area (Å²) < 4.78 is 8.13. The number of ketones is 2. The Morgan fingerprint density at radius 3 is 1.17 bits per heavy atom. The van der Waals surface area contributed by atoms with Crippen molar-refractivity contribution in [2.24, 2.45) is 0 Å². The third kappa shape index (κ3) is 4.50. The summed E-state index contributed by atoms with van der Waals surface area (Å²) in [4.78, 5) is 51.2. The van der Waals surface area contributed by atoms with Crippen molar-refractivity contribution in [2.75, 3.05) is 0 Å². The quantitative estimate of drug-likeness (QED) is 0.298. The molecule has 0 aromatic rings. The van der Waals surface area contributed by atoms with Gasteiger partial charge in [0.05, 0.1) is 0 Å². The van der Waals surface area contributed by atoms with E-state index in [1.54, 1.807) is 27.7 Å². The molecule has 0 saturated heterocycles. The number of carboxylic acid groups (broad SMARTS) is 2. The maximum absolute atomic E-state index is 12.9. The molecule has 2 N–H and O–H groups in total. The topological polar surface area (TPSA) is 127 Å². The van der Waals surface area contributed by atoms with Crippen LogP contribution in [0, 0.1) is 0 Å². The van der Waals surface area contributed by atoms with Gasteiger partial charge in [-0.2, -0.15) is 0 Å². The van der Waals surface area contributed by atoms with Gasteiger partial charge in [-0.25, -0.2) is 0 Å². The standard InChI is InChI=1S/2C6H9O3.2C4H9O.Ti/c2*1-3-5(4(2)7)6(8)9;2*1-3-4(2)5;/h2*3H2,1-2H3,(H,8,9);2*4H,3H2,1-2H3;/q;;2*-1;+2. The number of rotatable bonds is 14. The average Bonchev–Trinajstić information content (AvgIpc) is 2.61. The van der Waals surface area contributed by atoms with E-state index >= 15 is 0 Å². The van der Waals surface area contributed by atoms with Crippen molar-refractivity contribution >= 4 is 23.5 Å². The first-order valence-electron chi connectivity index (χ1n) is 10.2. The van der Waals surface area contributed by atoms with Gasteiger partial charge in [-0.1, -0.05) is 0 Å². The number of hydrogen-bond donors (Lipinski definition) is 2. The first-order valence-corrected chi connectivity index (χ1v) is 13.0. The maximum atomic E-state index is 12.9. The number of carboxylic acids is 2. The van der Waals surface area contributed by atoms with Crippen molar-refractivity contribution < 1.29 is 53.4 Å². The normalized spacial score (nSPS) is 19.9. The molecular weight excluding hydrogens is 416 g/mol. The fourth-order valence-corrected chi connectivity index (χ4v) is 12.4. The Bertz CT molecular complexity index is 548. The van der Waals surface area contributed by atoms with E-state index in [0.29, 0.717) is 12.8 Å². The zero-order valence-electron chi connectivity index (χ0n) is 18.8. The Hall–Kier alpha value is -1.09. The molecule has 0 rings (SSSR count). The second-order valence-electron chi connectivity index (χ2n) is 7.53. The van der Waals surface area contributed by atoms with E-state index in [-0.39, 0.29) is 12.8 Å². The van der Waals surface area contributed by atoms with Crippen LogP contribution in [-0.4, -0.2) is 45.9 Å². The summed E-state index contributed by atoms with van der Waals surface area (Å²) >= 11 is -5.42. The first-order chi connectivity index (χ1) is 13.3. The van der Waals surface area contributed by atoms with Gasteiger partial charge in [0.1, 0.15) is 0 Å². The molecular formula is C20H36O8Ti. The van der Waals surface area contributed by atoms with Gasteiger partial charge >= 0.3 is 178 Å².